The summed E-state index contributed by atoms with van der Waals surface area (Å²) in [7, 11) is 1.45. The van der Waals surface area contributed by atoms with Crippen LogP contribution in [0.3, 0.4) is 0 Å². The summed E-state index contributed by atoms with van der Waals surface area (Å²) in [5.41, 5.74) is 0.580. The summed E-state index contributed by atoms with van der Waals surface area (Å²) < 4.78 is 5.05. The molecule has 0 amide bonds. The Morgan fingerprint density at radius 1 is 1.50 bits per heavy atom. The lowest BCUT2D eigenvalue weighted by Gasteiger charge is -2.21. The number of carbonyl (C=O) groups is 1. The van der Waals surface area contributed by atoms with Crippen molar-refractivity contribution in [2.45, 2.75) is 19.4 Å². The van der Waals surface area contributed by atoms with Crippen LogP contribution in [0.15, 0.2) is 12.1 Å². The van der Waals surface area contributed by atoms with Crippen LogP contribution in [0.1, 0.15) is 18.4 Å². The van der Waals surface area contributed by atoms with E-state index in [-0.39, 0.29) is 12.3 Å². The molecular formula is C14H18ClNO4. The van der Waals surface area contributed by atoms with Crippen LogP contribution in [0, 0.1) is 5.92 Å². The number of carboxylic acids is 1. The quantitative estimate of drug-likeness (QED) is 0.809. The van der Waals surface area contributed by atoms with E-state index < -0.39 is 5.97 Å². The second-order valence-electron chi connectivity index (χ2n) is 5.12. The number of halogens is 1. The molecule has 0 unspecified atom stereocenters. The first-order chi connectivity index (χ1) is 9.49. The van der Waals surface area contributed by atoms with Gasteiger partial charge in [-0.05, 0) is 24.8 Å². The number of hydrogen-bond donors (Lipinski definition) is 2. The fourth-order valence-corrected chi connectivity index (χ4v) is 2.42. The highest BCUT2D eigenvalue weighted by molar-refractivity contribution is 6.30. The van der Waals surface area contributed by atoms with Crippen LogP contribution in [0.25, 0.3) is 0 Å². The lowest BCUT2D eigenvalue weighted by atomic mass is 10.1. The number of aromatic hydroxyl groups is 1. The first-order valence-corrected chi connectivity index (χ1v) is 6.87. The number of methoxy groups -OCH3 is 1. The van der Waals surface area contributed by atoms with E-state index in [0.717, 1.165) is 19.4 Å². The highest BCUT2D eigenvalue weighted by Gasteiger charge is 2.26. The molecule has 1 aliphatic rings. The molecule has 0 atom stereocenters. The molecule has 5 nitrogen and oxygen atoms in total. The van der Waals surface area contributed by atoms with E-state index in [2.05, 4.69) is 0 Å². The second kappa shape index (κ2) is 6.33. The van der Waals surface area contributed by atoms with Crippen molar-refractivity contribution >= 4 is 17.6 Å². The van der Waals surface area contributed by atoms with E-state index in [1.54, 1.807) is 6.07 Å². The van der Waals surface area contributed by atoms with Gasteiger partial charge in [0.1, 0.15) is 0 Å². The summed E-state index contributed by atoms with van der Waals surface area (Å²) in [6.45, 7) is 1.01. The van der Waals surface area contributed by atoms with Crippen molar-refractivity contribution in [3.8, 4) is 11.5 Å². The summed E-state index contributed by atoms with van der Waals surface area (Å²) in [5.74, 6) is 0.00832. The van der Waals surface area contributed by atoms with Crippen LogP contribution in [-0.2, 0) is 11.3 Å². The number of phenolic OH excluding ortho intramolecular Hbond substituents is 1. The second-order valence-corrected chi connectivity index (χ2v) is 5.56. The lowest BCUT2D eigenvalue weighted by molar-refractivity contribution is -0.138. The Balaban J connectivity index is 2.15. The lowest BCUT2D eigenvalue weighted by Crippen LogP contribution is -2.31. The van der Waals surface area contributed by atoms with Crippen molar-refractivity contribution in [3.05, 3.63) is 22.7 Å². The van der Waals surface area contributed by atoms with Gasteiger partial charge in [-0.1, -0.05) is 11.6 Å². The summed E-state index contributed by atoms with van der Waals surface area (Å²) in [5, 5.41) is 19.5. The average Bonchev–Trinajstić information content (AvgIpc) is 3.16. The van der Waals surface area contributed by atoms with Crippen LogP contribution in [-0.4, -0.2) is 41.3 Å². The molecule has 0 aliphatic heterocycles. The zero-order valence-corrected chi connectivity index (χ0v) is 12.1. The van der Waals surface area contributed by atoms with Crippen LogP contribution >= 0.6 is 11.6 Å². The molecule has 1 aliphatic carbocycles. The van der Waals surface area contributed by atoms with E-state index in [4.69, 9.17) is 21.4 Å². The fourth-order valence-electron chi connectivity index (χ4n) is 2.19. The van der Waals surface area contributed by atoms with E-state index in [9.17, 15) is 9.90 Å². The molecule has 0 bridgehead atoms. The molecule has 2 N–H and O–H groups in total. The van der Waals surface area contributed by atoms with Crippen molar-refractivity contribution < 1.29 is 19.7 Å². The molecule has 2 rings (SSSR count). The Morgan fingerprint density at radius 3 is 2.75 bits per heavy atom. The van der Waals surface area contributed by atoms with E-state index in [1.807, 2.05) is 4.90 Å². The normalized spacial score (nSPS) is 14.6. The number of benzene rings is 1. The van der Waals surface area contributed by atoms with Crippen molar-refractivity contribution in [3.63, 3.8) is 0 Å². The number of aliphatic carboxylic acids is 1. The molecule has 110 valence electrons. The van der Waals surface area contributed by atoms with Crippen molar-refractivity contribution in [2.75, 3.05) is 20.2 Å². The van der Waals surface area contributed by atoms with Crippen molar-refractivity contribution in [2.24, 2.45) is 5.92 Å². The van der Waals surface area contributed by atoms with Gasteiger partial charge in [-0.2, -0.15) is 0 Å². The topological polar surface area (TPSA) is 70.0 Å². The smallest absolute Gasteiger partial charge is 0.317 e. The number of hydrogen-bond acceptors (Lipinski definition) is 4. The number of phenols is 1. The van der Waals surface area contributed by atoms with E-state index in [1.165, 1.54) is 13.2 Å². The number of carboxylic acid groups (broad SMARTS) is 1. The molecule has 0 spiro atoms. The Morgan fingerprint density at radius 2 is 2.20 bits per heavy atom. The van der Waals surface area contributed by atoms with Gasteiger partial charge in [0.15, 0.2) is 11.5 Å². The van der Waals surface area contributed by atoms with Gasteiger partial charge in [0.25, 0.3) is 0 Å². The van der Waals surface area contributed by atoms with E-state index in [0.29, 0.717) is 28.8 Å². The average molecular weight is 300 g/mol. The number of nitrogens with zero attached hydrogens (tertiary/aromatic N) is 1. The zero-order valence-electron chi connectivity index (χ0n) is 11.3. The summed E-state index contributed by atoms with van der Waals surface area (Å²) in [6, 6.07) is 3.17. The predicted molar refractivity (Wildman–Crippen MR) is 75.3 cm³/mol. The minimum atomic E-state index is -0.876. The van der Waals surface area contributed by atoms with Gasteiger partial charge in [0.2, 0.25) is 0 Å². The van der Waals surface area contributed by atoms with Gasteiger partial charge >= 0.3 is 5.97 Å². The first-order valence-electron chi connectivity index (χ1n) is 6.49. The van der Waals surface area contributed by atoms with Gasteiger partial charge in [0.05, 0.1) is 13.7 Å². The Labute approximate surface area is 122 Å². The zero-order chi connectivity index (χ0) is 14.7. The number of rotatable bonds is 7. The third-order valence-electron chi connectivity index (χ3n) is 3.30. The molecule has 1 aromatic carbocycles. The molecule has 0 saturated heterocycles. The van der Waals surface area contributed by atoms with Gasteiger partial charge in [0, 0.05) is 29.7 Å². The van der Waals surface area contributed by atoms with Gasteiger partial charge in [-0.15, -0.1) is 0 Å². The maximum absolute atomic E-state index is 10.9. The molecule has 0 aromatic heterocycles. The minimum Gasteiger partial charge on any atom is -0.504 e. The van der Waals surface area contributed by atoms with Crippen LogP contribution in [0.5, 0.6) is 11.5 Å². The monoisotopic (exact) mass is 299 g/mol. The summed E-state index contributed by atoms with van der Waals surface area (Å²) >= 11 is 5.98. The van der Waals surface area contributed by atoms with Gasteiger partial charge in [-0.3, -0.25) is 9.69 Å². The molecule has 0 radical (unpaired) electrons. The summed E-state index contributed by atoms with van der Waals surface area (Å²) in [4.78, 5) is 12.7. The maximum atomic E-state index is 10.9. The van der Waals surface area contributed by atoms with Gasteiger partial charge in [-0.25, -0.2) is 0 Å². The predicted octanol–water partition coefficient (Wildman–Crippen LogP) is 2.35. The van der Waals surface area contributed by atoms with E-state index >= 15 is 0 Å². The Kier molecular flexibility index (Phi) is 4.73. The summed E-state index contributed by atoms with van der Waals surface area (Å²) in [6.07, 6.45) is 2.28. The molecule has 1 fully saturated rings. The Bertz CT molecular complexity index is 502. The van der Waals surface area contributed by atoms with Crippen LogP contribution < -0.4 is 4.74 Å². The first kappa shape index (κ1) is 14.9. The van der Waals surface area contributed by atoms with Gasteiger partial charge < -0.3 is 14.9 Å². The van der Waals surface area contributed by atoms with Crippen LogP contribution in [0.2, 0.25) is 5.02 Å². The SMILES string of the molecule is COc1cc(Cl)cc(CN(CC(=O)O)CC2CC2)c1O. The molecule has 1 saturated carbocycles. The fraction of sp³-hybridized carbons (Fsp3) is 0.500. The minimum absolute atomic E-state index is 0.0167. The largest absolute Gasteiger partial charge is 0.504 e. The molecular weight excluding hydrogens is 282 g/mol. The highest BCUT2D eigenvalue weighted by Crippen LogP contribution is 2.35. The number of ether oxygens (including phenoxy) is 1. The standard InChI is InChI=1S/C14H18ClNO4/c1-20-12-5-11(15)4-10(14(12)19)7-16(8-13(17)18)6-9-2-3-9/h4-5,9,19H,2-3,6-8H2,1H3,(H,17,18). The molecule has 1 aromatic rings. The highest BCUT2D eigenvalue weighted by atomic mass is 35.5. The third kappa shape index (κ3) is 4.02. The molecule has 0 heterocycles. The maximum Gasteiger partial charge on any atom is 0.317 e. The van der Waals surface area contributed by atoms with Crippen molar-refractivity contribution in [1.82, 2.24) is 4.90 Å². The Hall–Kier alpha value is -1.46. The molecule has 6 heteroatoms. The van der Waals surface area contributed by atoms with Crippen LogP contribution in [0.4, 0.5) is 0 Å². The molecule has 20 heavy (non-hydrogen) atoms. The van der Waals surface area contributed by atoms with Crippen molar-refractivity contribution in [1.29, 1.82) is 0 Å². The third-order valence-corrected chi connectivity index (χ3v) is 3.52.